The molecule has 5 heteroatoms. The maximum absolute atomic E-state index is 11.7. The van der Waals surface area contributed by atoms with Gasteiger partial charge in [-0.05, 0) is 24.6 Å². The van der Waals surface area contributed by atoms with Crippen molar-refractivity contribution in [3.05, 3.63) is 42.2 Å². The summed E-state index contributed by atoms with van der Waals surface area (Å²) in [5.41, 5.74) is 2.55. The van der Waals surface area contributed by atoms with Crippen molar-refractivity contribution >= 4 is 5.91 Å². The van der Waals surface area contributed by atoms with Gasteiger partial charge < -0.3 is 10.4 Å². The smallest absolute Gasteiger partial charge is 0.251 e. The number of carbonyl (C=O) groups is 1. The lowest BCUT2D eigenvalue weighted by atomic mass is 10.1. The largest absolute Gasteiger partial charge is 0.392 e. The summed E-state index contributed by atoms with van der Waals surface area (Å²) in [6.07, 6.45) is 2.98. The number of H-pyrrole nitrogens is 1. The van der Waals surface area contributed by atoms with Crippen LogP contribution in [0.5, 0.6) is 0 Å². The number of nitrogens with one attached hydrogen (secondary N) is 2. The molecule has 94 valence electrons. The van der Waals surface area contributed by atoms with Gasteiger partial charge in [0.05, 0.1) is 12.3 Å². The first-order valence-electron chi connectivity index (χ1n) is 5.72. The molecule has 0 aliphatic heterocycles. The molecule has 0 saturated heterocycles. The summed E-state index contributed by atoms with van der Waals surface area (Å²) in [5.74, 6) is -0.186. The van der Waals surface area contributed by atoms with Gasteiger partial charge in [0.2, 0.25) is 0 Å². The Hall–Kier alpha value is -2.14. The van der Waals surface area contributed by atoms with Gasteiger partial charge in [0.25, 0.3) is 5.91 Å². The Bertz CT molecular complexity index is 504. The van der Waals surface area contributed by atoms with Crippen LogP contribution >= 0.6 is 0 Å². The number of aromatic amines is 1. The molecule has 2 aromatic rings. The first kappa shape index (κ1) is 12.3. The van der Waals surface area contributed by atoms with E-state index in [2.05, 4.69) is 15.5 Å². The zero-order chi connectivity index (χ0) is 13.0. The molecule has 0 saturated carbocycles. The van der Waals surface area contributed by atoms with Crippen molar-refractivity contribution in [2.24, 2.45) is 0 Å². The second kappa shape index (κ2) is 5.46. The molecule has 1 aromatic heterocycles. The number of nitrogens with zero attached hydrogens (tertiary/aromatic N) is 1. The monoisotopic (exact) mass is 245 g/mol. The van der Waals surface area contributed by atoms with E-state index in [1.165, 1.54) is 0 Å². The van der Waals surface area contributed by atoms with Gasteiger partial charge >= 0.3 is 0 Å². The lowest BCUT2D eigenvalue weighted by Crippen LogP contribution is -2.30. The van der Waals surface area contributed by atoms with Crippen LogP contribution in [0.15, 0.2) is 36.7 Å². The number of rotatable bonds is 4. The van der Waals surface area contributed by atoms with Crippen LogP contribution in [0, 0.1) is 0 Å². The maximum Gasteiger partial charge on any atom is 0.251 e. The van der Waals surface area contributed by atoms with Gasteiger partial charge in [-0.25, -0.2) is 0 Å². The Kier molecular flexibility index (Phi) is 3.74. The topological polar surface area (TPSA) is 78.0 Å². The van der Waals surface area contributed by atoms with Crippen molar-refractivity contribution < 1.29 is 9.90 Å². The lowest BCUT2D eigenvalue weighted by Gasteiger charge is -2.07. The normalized spacial score (nSPS) is 12.1. The minimum absolute atomic E-state index is 0.186. The number of hydrogen-bond donors (Lipinski definition) is 3. The summed E-state index contributed by atoms with van der Waals surface area (Å²) < 4.78 is 0. The average molecular weight is 245 g/mol. The molecule has 0 spiro atoms. The number of hydrogen-bond acceptors (Lipinski definition) is 3. The Morgan fingerprint density at radius 3 is 2.67 bits per heavy atom. The van der Waals surface area contributed by atoms with Crippen LogP contribution < -0.4 is 5.32 Å². The third-order valence-electron chi connectivity index (χ3n) is 2.54. The van der Waals surface area contributed by atoms with Gasteiger partial charge in [-0.2, -0.15) is 5.10 Å². The molecule has 18 heavy (non-hydrogen) atoms. The van der Waals surface area contributed by atoms with E-state index in [0.29, 0.717) is 5.56 Å². The highest BCUT2D eigenvalue weighted by molar-refractivity contribution is 5.94. The number of aliphatic hydroxyl groups excluding tert-OH is 1. The molecule has 0 bridgehead atoms. The van der Waals surface area contributed by atoms with Gasteiger partial charge in [-0.15, -0.1) is 0 Å². The highest BCUT2D eigenvalue weighted by Crippen LogP contribution is 2.17. The van der Waals surface area contributed by atoms with Gasteiger partial charge in [-0.1, -0.05) is 12.1 Å². The predicted molar refractivity (Wildman–Crippen MR) is 68.0 cm³/mol. The lowest BCUT2D eigenvalue weighted by molar-refractivity contribution is 0.0924. The van der Waals surface area contributed by atoms with Crippen molar-refractivity contribution in [3.63, 3.8) is 0 Å². The summed E-state index contributed by atoms with van der Waals surface area (Å²) in [4.78, 5) is 11.7. The fourth-order valence-corrected chi connectivity index (χ4v) is 1.57. The van der Waals surface area contributed by atoms with Gasteiger partial charge in [-0.3, -0.25) is 9.89 Å². The summed E-state index contributed by atoms with van der Waals surface area (Å²) in [6.45, 7) is 1.88. The van der Waals surface area contributed by atoms with Crippen LogP contribution in [0.2, 0.25) is 0 Å². The second-order valence-corrected chi connectivity index (χ2v) is 4.12. The van der Waals surface area contributed by atoms with Crippen molar-refractivity contribution in [1.29, 1.82) is 0 Å². The number of carbonyl (C=O) groups excluding carboxylic acids is 1. The Balaban J connectivity index is 2.06. The average Bonchev–Trinajstić information content (AvgIpc) is 2.90. The summed E-state index contributed by atoms with van der Waals surface area (Å²) in [5, 5.41) is 18.4. The summed E-state index contributed by atoms with van der Waals surface area (Å²) in [6, 6.07) is 7.23. The van der Waals surface area contributed by atoms with Crippen molar-refractivity contribution in [3.8, 4) is 11.1 Å². The molecule has 1 unspecified atom stereocenters. The minimum atomic E-state index is -0.542. The first-order chi connectivity index (χ1) is 8.66. The Morgan fingerprint density at radius 2 is 2.11 bits per heavy atom. The van der Waals surface area contributed by atoms with E-state index in [-0.39, 0.29) is 12.5 Å². The number of aromatic nitrogens is 2. The SMILES string of the molecule is CC(O)CNC(=O)c1ccc(-c2cn[nH]c2)cc1. The van der Waals surface area contributed by atoms with E-state index in [1.54, 1.807) is 31.5 Å². The van der Waals surface area contributed by atoms with Gasteiger partial charge in [0.1, 0.15) is 0 Å². The van der Waals surface area contributed by atoms with Crippen LogP contribution in [-0.4, -0.2) is 33.9 Å². The van der Waals surface area contributed by atoms with Crippen molar-refractivity contribution in [1.82, 2.24) is 15.5 Å². The molecule has 1 aromatic carbocycles. The minimum Gasteiger partial charge on any atom is -0.392 e. The van der Waals surface area contributed by atoms with Crippen LogP contribution in [0.25, 0.3) is 11.1 Å². The molecule has 1 atom stereocenters. The second-order valence-electron chi connectivity index (χ2n) is 4.12. The predicted octanol–water partition coefficient (Wildman–Crippen LogP) is 1.19. The van der Waals surface area contributed by atoms with Crippen LogP contribution in [0.4, 0.5) is 0 Å². The molecule has 5 nitrogen and oxygen atoms in total. The Morgan fingerprint density at radius 1 is 1.39 bits per heavy atom. The van der Waals surface area contributed by atoms with Crippen molar-refractivity contribution in [2.45, 2.75) is 13.0 Å². The number of aliphatic hydroxyl groups is 1. The highest BCUT2D eigenvalue weighted by atomic mass is 16.3. The molecule has 1 amide bonds. The molecular formula is C13H15N3O2. The van der Waals surface area contributed by atoms with Crippen LogP contribution in [0.1, 0.15) is 17.3 Å². The first-order valence-corrected chi connectivity index (χ1v) is 5.72. The van der Waals surface area contributed by atoms with E-state index in [0.717, 1.165) is 11.1 Å². The van der Waals surface area contributed by atoms with Crippen molar-refractivity contribution in [2.75, 3.05) is 6.54 Å². The maximum atomic E-state index is 11.7. The molecule has 2 rings (SSSR count). The van der Waals surface area contributed by atoms with Gasteiger partial charge in [0.15, 0.2) is 0 Å². The van der Waals surface area contributed by atoms with Gasteiger partial charge in [0, 0.05) is 23.9 Å². The zero-order valence-electron chi connectivity index (χ0n) is 10.1. The fraction of sp³-hybridized carbons (Fsp3) is 0.231. The standard InChI is InChI=1S/C13H15N3O2/c1-9(17)6-14-13(18)11-4-2-10(3-5-11)12-7-15-16-8-12/h2-5,7-9,17H,6H2,1H3,(H,14,18)(H,15,16). The molecule has 3 N–H and O–H groups in total. The number of amides is 1. The Labute approximate surface area is 105 Å². The summed E-state index contributed by atoms with van der Waals surface area (Å²) in [7, 11) is 0. The third kappa shape index (κ3) is 2.95. The molecule has 0 aliphatic carbocycles. The highest BCUT2D eigenvalue weighted by Gasteiger charge is 2.06. The van der Waals surface area contributed by atoms with E-state index >= 15 is 0 Å². The number of benzene rings is 1. The molecular weight excluding hydrogens is 230 g/mol. The van der Waals surface area contributed by atoms with E-state index in [4.69, 9.17) is 5.11 Å². The third-order valence-corrected chi connectivity index (χ3v) is 2.54. The fourth-order valence-electron chi connectivity index (χ4n) is 1.57. The molecule has 0 aliphatic rings. The molecule has 1 heterocycles. The molecule has 0 fully saturated rings. The van der Waals surface area contributed by atoms with E-state index in [9.17, 15) is 4.79 Å². The molecule has 0 radical (unpaired) electrons. The van der Waals surface area contributed by atoms with Crippen LogP contribution in [-0.2, 0) is 0 Å². The van der Waals surface area contributed by atoms with E-state index in [1.807, 2.05) is 12.1 Å². The summed E-state index contributed by atoms with van der Waals surface area (Å²) >= 11 is 0. The van der Waals surface area contributed by atoms with E-state index < -0.39 is 6.10 Å². The van der Waals surface area contributed by atoms with Crippen LogP contribution in [0.3, 0.4) is 0 Å². The quantitative estimate of drug-likeness (QED) is 0.757. The zero-order valence-corrected chi connectivity index (χ0v) is 10.1.